The van der Waals surface area contributed by atoms with Gasteiger partial charge in [0.2, 0.25) is 5.91 Å². The topological polar surface area (TPSA) is 63.2 Å². The van der Waals surface area contributed by atoms with Crippen molar-refractivity contribution < 1.29 is 13.2 Å². The Balaban J connectivity index is 1.97. The highest BCUT2D eigenvalue weighted by atomic mass is 32.2. The van der Waals surface area contributed by atoms with E-state index in [0.29, 0.717) is 12.8 Å². The quantitative estimate of drug-likeness (QED) is 0.913. The van der Waals surface area contributed by atoms with Crippen LogP contribution in [0.2, 0.25) is 0 Å². The summed E-state index contributed by atoms with van der Waals surface area (Å²) in [6.07, 6.45) is 0.850. The van der Waals surface area contributed by atoms with Crippen LogP contribution in [0.3, 0.4) is 0 Å². The number of benzene rings is 1. The van der Waals surface area contributed by atoms with Gasteiger partial charge in [-0.25, -0.2) is 8.42 Å². The maximum absolute atomic E-state index is 12.2. The lowest BCUT2D eigenvalue weighted by molar-refractivity contribution is -0.120. The van der Waals surface area contributed by atoms with E-state index in [-0.39, 0.29) is 28.7 Å². The zero-order chi connectivity index (χ0) is 15.7. The van der Waals surface area contributed by atoms with Crippen LogP contribution in [-0.4, -0.2) is 25.8 Å². The third kappa shape index (κ3) is 4.30. The highest BCUT2D eigenvalue weighted by molar-refractivity contribution is 7.91. The molecule has 0 bridgehead atoms. The summed E-state index contributed by atoms with van der Waals surface area (Å²) in [5, 5.41) is 2.88. The first-order valence-corrected chi connectivity index (χ1v) is 9.11. The Morgan fingerprint density at radius 2 is 1.62 bits per heavy atom. The molecular weight excluding hydrogens is 286 g/mol. The van der Waals surface area contributed by atoms with Gasteiger partial charge in [-0.2, -0.15) is 0 Å². The lowest BCUT2D eigenvalue weighted by Gasteiger charge is -2.22. The summed E-state index contributed by atoms with van der Waals surface area (Å²) in [4.78, 5) is 12.2. The lowest BCUT2D eigenvalue weighted by Crippen LogP contribution is -2.31. The van der Waals surface area contributed by atoms with Gasteiger partial charge in [-0.15, -0.1) is 0 Å². The molecule has 0 aromatic heterocycles. The lowest BCUT2D eigenvalue weighted by atomic mass is 9.87. The molecule has 2 rings (SSSR count). The first kappa shape index (κ1) is 16.0. The van der Waals surface area contributed by atoms with Crippen molar-refractivity contribution in [1.29, 1.82) is 0 Å². The normalized spacial score (nSPS) is 19.2. The van der Waals surface area contributed by atoms with Crippen LogP contribution in [-0.2, 0) is 20.0 Å². The van der Waals surface area contributed by atoms with Gasteiger partial charge in [0, 0.05) is 11.6 Å². The number of rotatable bonds is 2. The fourth-order valence-corrected chi connectivity index (χ4v) is 3.94. The zero-order valence-electron chi connectivity index (χ0n) is 12.8. The van der Waals surface area contributed by atoms with E-state index in [2.05, 4.69) is 26.1 Å². The summed E-state index contributed by atoms with van der Waals surface area (Å²) in [5.74, 6) is -0.0357. The molecule has 1 amide bonds. The monoisotopic (exact) mass is 309 g/mol. The average molecular weight is 309 g/mol. The molecule has 5 heteroatoms. The molecule has 0 unspecified atom stereocenters. The Morgan fingerprint density at radius 3 is 2.10 bits per heavy atom. The summed E-state index contributed by atoms with van der Waals surface area (Å²) < 4.78 is 22.8. The van der Waals surface area contributed by atoms with Gasteiger partial charge >= 0.3 is 0 Å². The third-order valence-corrected chi connectivity index (χ3v) is 5.66. The maximum Gasteiger partial charge on any atom is 0.227 e. The van der Waals surface area contributed by atoms with Crippen LogP contribution < -0.4 is 5.32 Å². The van der Waals surface area contributed by atoms with E-state index in [1.807, 2.05) is 24.3 Å². The molecule has 1 N–H and O–H groups in total. The number of amides is 1. The van der Waals surface area contributed by atoms with Gasteiger partial charge in [-0.1, -0.05) is 32.9 Å². The molecule has 0 spiro atoms. The second-order valence-electron chi connectivity index (χ2n) is 6.74. The van der Waals surface area contributed by atoms with Crippen molar-refractivity contribution in [3.63, 3.8) is 0 Å². The Morgan fingerprint density at radius 1 is 1.10 bits per heavy atom. The largest absolute Gasteiger partial charge is 0.326 e. The van der Waals surface area contributed by atoms with E-state index < -0.39 is 9.84 Å². The number of carbonyl (C=O) groups excluding carboxylic acids is 1. The predicted molar refractivity (Wildman–Crippen MR) is 85.1 cm³/mol. The van der Waals surface area contributed by atoms with Crippen LogP contribution in [0, 0.1) is 5.92 Å². The van der Waals surface area contributed by atoms with Crippen molar-refractivity contribution in [1.82, 2.24) is 0 Å². The van der Waals surface area contributed by atoms with E-state index in [9.17, 15) is 13.2 Å². The summed E-state index contributed by atoms with van der Waals surface area (Å²) >= 11 is 0. The van der Waals surface area contributed by atoms with Crippen LogP contribution >= 0.6 is 0 Å². The minimum Gasteiger partial charge on any atom is -0.326 e. The highest BCUT2D eigenvalue weighted by Gasteiger charge is 2.28. The molecule has 1 heterocycles. The molecule has 4 nitrogen and oxygen atoms in total. The van der Waals surface area contributed by atoms with Crippen molar-refractivity contribution in [2.24, 2.45) is 5.92 Å². The predicted octanol–water partition coefficient (Wildman–Crippen LogP) is 2.75. The SMILES string of the molecule is CC(C)(C)c1ccc(NC(=O)C2CCS(=O)(=O)CC2)cc1. The second-order valence-corrected chi connectivity index (χ2v) is 9.05. The molecule has 0 saturated carbocycles. The van der Waals surface area contributed by atoms with Crippen LogP contribution in [0.25, 0.3) is 0 Å². The first-order chi connectivity index (χ1) is 9.67. The van der Waals surface area contributed by atoms with Crippen molar-refractivity contribution in [2.45, 2.75) is 39.0 Å². The van der Waals surface area contributed by atoms with Crippen molar-refractivity contribution in [2.75, 3.05) is 16.8 Å². The number of anilines is 1. The molecule has 1 aromatic rings. The number of sulfone groups is 1. The van der Waals surface area contributed by atoms with Crippen molar-refractivity contribution in [3.8, 4) is 0 Å². The van der Waals surface area contributed by atoms with Crippen molar-refractivity contribution in [3.05, 3.63) is 29.8 Å². The fraction of sp³-hybridized carbons (Fsp3) is 0.562. The van der Waals surface area contributed by atoms with E-state index in [1.165, 1.54) is 5.56 Å². The average Bonchev–Trinajstić information content (AvgIpc) is 2.38. The summed E-state index contributed by atoms with van der Waals surface area (Å²) in [6.45, 7) is 6.43. The maximum atomic E-state index is 12.2. The molecule has 1 aliphatic heterocycles. The van der Waals surface area contributed by atoms with Crippen LogP contribution in [0.5, 0.6) is 0 Å². The molecule has 0 radical (unpaired) electrons. The summed E-state index contributed by atoms with van der Waals surface area (Å²) in [6, 6.07) is 7.83. The van der Waals surface area contributed by atoms with Crippen LogP contribution in [0.4, 0.5) is 5.69 Å². The van der Waals surface area contributed by atoms with Gasteiger partial charge in [-0.05, 0) is 36.0 Å². The van der Waals surface area contributed by atoms with Crippen LogP contribution in [0.15, 0.2) is 24.3 Å². The molecular formula is C16H23NO3S. The van der Waals surface area contributed by atoms with E-state index >= 15 is 0 Å². The zero-order valence-corrected chi connectivity index (χ0v) is 13.7. The number of carbonyl (C=O) groups is 1. The number of nitrogens with one attached hydrogen (secondary N) is 1. The molecule has 0 aliphatic carbocycles. The van der Waals surface area contributed by atoms with Crippen molar-refractivity contribution >= 4 is 21.4 Å². The molecule has 1 saturated heterocycles. The molecule has 1 aliphatic rings. The van der Waals surface area contributed by atoms with E-state index in [4.69, 9.17) is 0 Å². The smallest absolute Gasteiger partial charge is 0.227 e. The van der Waals surface area contributed by atoms with E-state index in [0.717, 1.165) is 5.69 Å². The molecule has 1 aromatic carbocycles. The van der Waals surface area contributed by atoms with Gasteiger partial charge in [0.1, 0.15) is 9.84 Å². The van der Waals surface area contributed by atoms with E-state index in [1.54, 1.807) is 0 Å². The molecule has 0 atom stereocenters. The first-order valence-electron chi connectivity index (χ1n) is 7.29. The Kier molecular flexibility index (Phi) is 4.42. The molecule has 21 heavy (non-hydrogen) atoms. The second kappa shape index (κ2) is 5.79. The Labute approximate surface area is 126 Å². The number of hydrogen-bond donors (Lipinski definition) is 1. The highest BCUT2D eigenvalue weighted by Crippen LogP contribution is 2.25. The van der Waals surface area contributed by atoms with Gasteiger partial charge in [0.25, 0.3) is 0 Å². The van der Waals surface area contributed by atoms with Gasteiger partial charge in [0.05, 0.1) is 11.5 Å². The Hall–Kier alpha value is -1.36. The van der Waals surface area contributed by atoms with Gasteiger partial charge in [-0.3, -0.25) is 4.79 Å². The number of hydrogen-bond acceptors (Lipinski definition) is 3. The van der Waals surface area contributed by atoms with Crippen LogP contribution in [0.1, 0.15) is 39.2 Å². The van der Waals surface area contributed by atoms with Gasteiger partial charge < -0.3 is 5.32 Å². The standard InChI is InChI=1S/C16H23NO3S/c1-16(2,3)13-4-6-14(7-5-13)17-15(18)12-8-10-21(19,20)11-9-12/h4-7,12H,8-11H2,1-3H3,(H,17,18). The Bertz CT molecular complexity index is 598. The fourth-order valence-electron chi connectivity index (χ4n) is 2.45. The van der Waals surface area contributed by atoms with Gasteiger partial charge in [0.15, 0.2) is 0 Å². The minimum absolute atomic E-state index is 0.0755. The third-order valence-electron chi connectivity index (χ3n) is 3.94. The minimum atomic E-state index is -2.92. The molecule has 1 fully saturated rings. The molecule has 116 valence electrons. The summed E-state index contributed by atoms with van der Waals surface area (Å²) in [5.41, 5.74) is 2.06. The summed E-state index contributed by atoms with van der Waals surface area (Å²) in [7, 11) is -2.92.